The fraction of sp³-hybridized carbons (Fsp3) is 0.375. The summed E-state index contributed by atoms with van der Waals surface area (Å²) in [4.78, 5) is 16.0. The van der Waals surface area contributed by atoms with E-state index < -0.39 is 0 Å². The van der Waals surface area contributed by atoms with Crippen molar-refractivity contribution >= 4 is 23.1 Å². The fourth-order valence-corrected chi connectivity index (χ4v) is 2.37. The molecule has 1 amide bonds. The van der Waals surface area contributed by atoms with Gasteiger partial charge >= 0.3 is 0 Å². The first-order valence-electron chi connectivity index (χ1n) is 7.13. The highest BCUT2D eigenvalue weighted by Gasteiger charge is 2.41. The molecule has 1 aliphatic rings. The number of amides is 1. The summed E-state index contributed by atoms with van der Waals surface area (Å²) in [5, 5.41) is 11.8. The van der Waals surface area contributed by atoms with Crippen molar-refractivity contribution in [2.45, 2.75) is 19.3 Å². The molecule has 0 bridgehead atoms. The lowest BCUT2D eigenvalue weighted by molar-refractivity contribution is -0.116. The third-order valence-electron chi connectivity index (χ3n) is 3.92. The average Bonchev–Trinajstić information content (AvgIpc) is 3.12. The molecule has 21 heavy (non-hydrogen) atoms. The van der Waals surface area contributed by atoms with Crippen LogP contribution >= 0.6 is 0 Å². The van der Waals surface area contributed by atoms with Crippen molar-refractivity contribution in [2.24, 2.45) is 5.41 Å². The van der Waals surface area contributed by atoms with Crippen LogP contribution in [0.5, 0.6) is 0 Å². The number of aliphatic hydroxyl groups excluding tert-OH is 1. The molecule has 2 N–H and O–H groups in total. The maximum Gasteiger partial charge on any atom is 0.244 e. The van der Waals surface area contributed by atoms with Crippen LogP contribution in [0.3, 0.4) is 0 Å². The number of benzene rings is 1. The van der Waals surface area contributed by atoms with Gasteiger partial charge in [0.25, 0.3) is 0 Å². The van der Waals surface area contributed by atoms with Crippen LogP contribution in [0.15, 0.2) is 34.8 Å². The van der Waals surface area contributed by atoms with E-state index in [1.54, 1.807) is 6.08 Å². The van der Waals surface area contributed by atoms with Crippen LogP contribution in [0.25, 0.3) is 17.2 Å². The van der Waals surface area contributed by atoms with Gasteiger partial charge in [-0.1, -0.05) is 12.1 Å². The number of hydrogen-bond acceptors (Lipinski definition) is 4. The maximum atomic E-state index is 11.8. The van der Waals surface area contributed by atoms with Gasteiger partial charge in [-0.25, -0.2) is 4.98 Å². The van der Waals surface area contributed by atoms with Gasteiger partial charge in [-0.05, 0) is 36.8 Å². The second-order valence-electron chi connectivity index (χ2n) is 5.54. The van der Waals surface area contributed by atoms with Crippen molar-refractivity contribution in [1.29, 1.82) is 0 Å². The van der Waals surface area contributed by atoms with Crippen LogP contribution in [-0.2, 0) is 4.79 Å². The van der Waals surface area contributed by atoms with E-state index in [1.165, 1.54) is 6.08 Å². The average molecular weight is 286 g/mol. The first kappa shape index (κ1) is 13.8. The van der Waals surface area contributed by atoms with E-state index in [0.29, 0.717) is 18.0 Å². The molecule has 110 valence electrons. The largest absolute Gasteiger partial charge is 0.437 e. The molecule has 1 aromatic heterocycles. The van der Waals surface area contributed by atoms with E-state index >= 15 is 0 Å². The van der Waals surface area contributed by atoms with Crippen molar-refractivity contribution in [2.75, 3.05) is 13.2 Å². The molecule has 5 heteroatoms. The van der Waals surface area contributed by atoms with Crippen LogP contribution in [0, 0.1) is 5.41 Å². The van der Waals surface area contributed by atoms with E-state index in [1.807, 2.05) is 24.3 Å². The van der Waals surface area contributed by atoms with E-state index in [-0.39, 0.29) is 17.9 Å². The molecule has 3 rings (SSSR count). The second kappa shape index (κ2) is 5.69. The number of nitrogens with one attached hydrogen (secondary N) is 1. The van der Waals surface area contributed by atoms with Gasteiger partial charge in [0.05, 0.1) is 0 Å². The Balaban J connectivity index is 1.56. The molecule has 0 aliphatic heterocycles. The maximum absolute atomic E-state index is 11.8. The van der Waals surface area contributed by atoms with Crippen molar-refractivity contribution in [3.63, 3.8) is 0 Å². The van der Waals surface area contributed by atoms with Gasteiger partial charge in [0.15, 0.2) is 5.58 Å². The van der Waals surface area contributed by atoms with Crippen molar-refractivity contribution in [3.05, 3.63) is 36.2 Å². The summed E-state index contributed by atoms with van der Waals surface area (Å²) >= 11 is 0. The Hall–Kier alpha value is -2.14. The lowest BCUT2D eigenvalue weighted by atomic mass is 10.0. The molecule has 0 radical (unpaired) electrons. The number of nitrogens with zero attached hydrogens (tertiary/aromatic N) is 1. The smallest absolute Gasteiger partial charge is 0.244 e. The van der Waals surface area contributed by atoms with E-state index in [9.17, 15) is 4.79 Å². The zero-order valence-corrected chi connectivity index (χ0v) is 11.7. The quantitative estimate of drug-likeness (QED) is 0.798. The summed E-state index contributed by atoms with van der Waals surface area (Å²) in [5.74, 6) is 0.254. The van der Waals surface area contributed by atoms with Gasteiger partial charge in [0, 0.05) is 25.3 Å². The predicted octanol–water partition coefficient (Wildman–Crippen LogP) is 2.12. The minimum absolute atomic E-state index is 0.121. The third kappa shape index (κ3) is 3.31. The standard InChI is InChI=1S/C16H18N2O3/c19-10-9-16(7-8-16)11-17-14(20)5-6-15-18-12-3-1-2-4-13(12)21-15/h1-6,19H,7-11H2,(H,17,20)/b6-5+. The zero-order valence-electron chi connectivity index (χ0n) is 11.7. The number of fused-ring (bicyclic) bond motifs is 1. The van der Waals surface area contributed by atoms with Gasteiger partial charge in [-0.15, -0.1) is 0 Å². The number of hydrogen-bond donors (Lipinski definition) is 2. The van der Waals surface area contributed by atoms with Crippen molar-refractivity contribution in [3.8, 4) is 0 Å². The third-order valence-corrected chi connectivity index (χ3v) is 3.92. The van der Waals surface area contributed by atoms with Crippen LogP contribution in [-0.4, -0.2) is 29.1 Å². The van der Waals surface area contributed by atoms with Crippen LogP contribution in [0.1, 0.15) is 25.2 Å². The van der Waals surface area contributed by atoms with Gasteiger partial charge < -0.3 is 14.8 Å². The summed E-state index contributed by atoms with van der Waals surface area (Å²) in [6, 6.07) is 7.47. The molecule has 2 aromatic rings. The van der Waals surface area contributed by atoms with Crippen LogP contribution < -0.4 is 5.32 Å². The number of oxazole rings is 1. The highest BCUT2D eigenvalue weighted by Crippen LogP contribution is 2.47. The number of aromatic nitrogens is 1. The molecule has 0 atom stereocenters. The molecular weight excluding hydrogens is 268 g/mol. The minimum atomic E-state index is -0.165. The van der Waals surface area contributed by atoms with Gasteiger partial charge in [-0.2, -0.15) is 0 Å². The first-order valence-corrected chi connectivity index (χ1v) is 7.13. The minimum Gasteiger partial charge on any atom is -0.437 e. The van der Waals surface area contributed by atoms with Gasteiger partial charge in [-0.3, -0.25) is 4.79 Å². The summed E-state index contributed by atoms with van der Waals surface area (Å²) < 4.78 is 5.50. The van der Waals surface area contributed by atoms with Crippen LogP contribution in [0.4, 0.5) is 0 Å². The zero-order chi connectivity index (χ0) is 14.7. The molecular formula is C16H18N2O3. The number of aliphatic hydroxyl groups is 1. The normalized spacial score (nSPS) is 16.4. The van der Waals surface area contributed by atoms with E-state index in [2.05, 4.69) is 10.3 Å². The molecule has 1 aliphatic carbocycles. The Morgan fingerprint density at radius 2 is 2.24 bits per heavy atom. The Labute approximate surface area is 122 Å². The lowest BCUT2D eigenvalue weighted by Gasteiger charge is -2.13. The Kier molecular flexibility index (Phi) is 3.75. The Morgan fingerprint density at radius 1 is 1.43 bits per heavy atom. The first-order chi connectivity index (χ1) is 10.2. The molecule has 1 heterocycles. The predicted molar refractivity (Wildman–Crippen MR) is 79.4 cm³/mol. The molecule has 1 fully saturated rings. The van der Waals surface area contributed by atoms with Crippen molar-refractivity contribution < 1.29 is 14.3 Å². The molecule has 1 aromatic carbocycles. The summed E-state index contributed by atoms with van der Waals surface area (Å²) in [7, 11) is 0. The summed E-state index contributed by atoms with van der Waals surface area (Å²) in [6.07, 6.45) is 5.90. The molecule has 1 saturated carbocycles. The Morgan fingerprint density at radius 3 is 2.95 bits per heavy atom. The Bertz CT molecular complexity index is 638. The number of rotatable bonds is 6. The highest BCUT2D eigenvalue weighted by atomic mass is 16.3. The molecule has 0 saturated heterocycles. The highest BCUT2D eigenvalue weighted by molar-refractivity contribution is 5.91. The van der Waals surface area contributed by atoms with E-state index in [0.717, 1.165) is 24.8 Å². The van der Waals surface area contributed by atoms with Crippen LogP contribution in [0.2, 0.25) is 0 Å². The molecule has 0 spiro atoms. The van der Waals surface area contributed by atoms with Crippen molar-refractivity contribution in [1.82, 2.24) is 10.3 Å². The molecule has 5 nitrogen and oxygen atoms in total. The fourth-order valence-electron chi connectivity index (χ4n) is 2.37. The topological polar surface area (TPSA) is 75.4 Å². The molecule has 0 unspecified atom stereocenters. The number of carbonyl (C=O) groups is 1. The number of para-hydroxylation sites is 2. The number of carbonyl (C=O) groups excluding carboxylic acids is 1. The lowest BCUT2D eigenvalue weighted by Crippen LogP contribution is -2.29. The van der Waals surface area contributed by atoms with E-state index in [4.69, 9.17) is 9.52 Å². The SMILES string of the molecule is O=C(/C=C/c1nc2ccccc2o1)NCC1(CCO)CC1. The summed E-state index contributed by atoms with van der Waals surface area (Å²) in [5.41, 5.74) is 1.60. The monoisotopic (exact) mass is 286 g/mol. The van der Waals surface area contributed by atoms with Gasteiger partial charge in [0.1, 0.15) is 5.52 Å². The summed E-state index contributed by atoms with van der Waals surface area (Å²) in [6.45, 7) is 0.791. The van der Waals surface area contributed by atoms with Gasteiger partial charge in [0.2, 0.25) is 11.8 Å². The second-order valence-corrected chi connectivity index (χ2v) is 5.54.